The molecule has 118 valence electrons. The molecule has 0 aliphatic carbocycles. The van der Waals surface area contributed by atoms with E-state index in [2.05, 4.69) is 37.4 Å². The Hall–Kier alpha value is -1.63. The molecule has 0 spiro atoms. The van der Waals surface area contributed by atoms with Crippen molar-refractivity contribution in [1.29, 1.82) is 0 Å². The summed E-state index contributed by atoms with van der Waals surface area (Å²) in [6.07, 6.45) is 2.60. The minimum atomic E-state index is 0.361. The van der Waals surface area contributed by atoms with Gasteiger partial charge in [-0.05, 0) is 46.7 Å². The first-order chi connectivity index (χ1) is 10.2. The summed E-state index contributed by atoms with van der Waals surface area (Å²) in [4.78, 5) is 15.4. The molecule has 1 fully saturated rings. The lowest BCUT2D eigenvalue weighted by atomic mass is 10.3. The van der Waals surface area contributed by atoms with Crippen LogP contribution in [-0.4, -0.2) is 58.7 Å². The third kappa shape index (κ3) is 4.70. The van der Waals surface area contributed by atoms with Gasteiger partial charge in [-0.3, -0.25) is 4.90 Å². The van der Waals surface area contributed by atoms with Crippen LogP contribution < -0.4 is 15.4 Å². The summed E-state index contributed by atoms with van der Waals surface area (Å²) in [7, 11) is 0. The van der Waals surface area contributed by atoms with Crippen LogP contribution in [0, 0.1) is 0 Å². The van der Waals surface area contributed by atoms with Gasteiger partial charge in [-0.1, -0.05) is 0 Å². The lowest BCUT2D eigenvalue weighted by molar-refractivity contribution is 0.268. The summed E-state index contributed by atoms with van der Waals surface area (Å²) >= 11 is 0. The Balaban J connectivity index is 1.96. The molecule has 7 nitrogen and oxygen atoms in total. The van der Waals surface area contributed by atoms with E-state index in [0.717, 1.165) is 13.1 Å². The zero-order valence-corrected chi connectivity index (χ0v) is 13.2. The summed E-state index contributed by atoms with van der Waals surface area (Å²) in [6, 6.07) is 0.835. The van der Waals surface area contributed by atoms with Crippen molar-refractivity contribution in [3.05, 3.63) is 0 Å². The van der Waals surface area contributed by atoms with Crippen molar-refractivity contribution in [3.63, 3.8) is 0 Å². The number of likely N-dealkylation sites (tertiary alicyclic amines) is 1. The Bertz CT molecular complexity index is 411. The Morgan fingerprint density at radius 1 is 1.10 bits per heavy atom. The summed E-state index contributed by atoms with van der Waals surface area (Å²) in [5.74, 6) is 1.11. The fraction of sp³-hybridized carbons (Fsp3) is 0.786. The normalized spacial score (nSPS) is 16.7. The van der Waals surface area contributed by atoms with Crippen molar-refractivity contribution >= 4 is 11.9 Å². The molecule has 1 aromatic rings. The molecule has 0 bridgehead atoms. The first kappa shape index (κ1) is 15.8. The second kappa shape index (κ2) is 7.97. The molecule has 1 aliphatic rings. The first-order valence-corrected chi connectivity index (χ1v) is 7.83. The van der Waals surface area contributed by atoms with E-state index in [1.54, 1.807) is 0 Å². The minimum Gasteiger partial charge on any atom is -0.464 e. The van der Waals surface area contributed by atoms with Crippen LogP contribution in [0.2, 0.25) is 0 Å². The molecule has 7 heteroatoms. The Morgan fingerprint density at radius 3 is 2.38 bits per heavy atom. The van der Waals surface area contributed by atoms with E-state index < -0.39 is 0 Å². The van der Waals surface area contributed by atoms with Crippen LogP contribution in [0.1, 0.15) is 33.6 Å². The van der Waals surface area contributed by atoms with Gasteiger partial charge >= 0.3 is 6.01 Å². The van der Waals surface area contributed by atoms with E-state index in [-0.39, 0.29) is 0 Å². The maximum absolute atomic E-state index is 5.39. The Morgan fingerprint density at radius 2 is 1.76 bits per heavy atom. The van der Waals surface area contributed by atoms with E-state index in [0.29, 0.717) is 30.6 Å². The van der Waals surface area contributed by atoms with Crippen LogP contribution in [0.5, 0.6) is 6.01 Å². The predicted molar refractivity (Wildman–Crippen MR) is 83.9 cm³/mol. The van der Waals surface area contributed by atoms with Gasteiger partial charge in [0.2, 0.25) is 11.9 Å². The largest absolute Gasteiger partial charge is 0.464 e. The minimum absolute atomic E-state index is 0.361. The first-order valence-electron chi connectivity index (χ1n) is 7.83. The molecule has 1 aliphatic heterocycles. The van der Waals surface area contributed by atoms with E-state index >= 15 is 0 Å². The van der Waals surface area contributed by atoms with Gasteiger partial charge in [0.25, 0.3) is 0 Å². The maximum Gasteiger partial charge on any atom is 0.323 e. The van der Waals surface area contributed by atoms with Crippen LogP contribution in [0.4, 0.5) is 11.9 Å². The zero-order chi connectivity index (χ0) is 15.1. The molecule has 2 N–H and O–H groups in total. The van der Waals surface area contributed by atoms with Crippen LogP contribution >= 0.6 is 0 Å². The predicted octanol–water partition coefficient (Wildman–Crippen LogP) is 1.60. The molecule has 21 heavy (non-hydrogen) atoms. The highest BCUT2D eigenvalue weighted by Crippen LogP contribution is 2.14. The van der Waals surface area contributed by atoms with Crippen molar-refractivity contribution in [3.8, 4) is 6.01 Å². The average molecular weight is 294 g/mol. The zero-order valence-electron chi connectivity index (χ0n) is 13.2. The Kier molecular flexibility index (Phi) is 5.98. The fourth-order valence-corrected chi connectivity index (χ4v) is 2.42. The molecule has 2 rings (SSSR count). The molecule has 0 aromatic carbocycles. The molecular formula is C14H26N6O. The van der Waals surface area contributed by atoms with Crippen molar-refractivity contribution in [1.82, 2.24) is 19.9 Å². The number of ether oxygens (including phenoxy) is 1. The number of hydrogen-bond donors (Lipinski definition) is 2. The number of aromatic nitrogens is 3. The van der Waals surface area contributed by atoms with Crippen molar-refractivity contribution in [2.75, 3.05) is 43.4 Å². The second-order valence-corrected chi connectivity index (χ2v) is 5.20. The smallest absolute Gasteiger partial charge is 0.323 e. The maximum atomic E-state index is 5.39. The molecule has 0 saturated carbocycles. The van der Waals surface area contributed by atoms with Gasteiger partial charge in [-0.2, -0.15) is 15.0 Å². The summed E-state index contributed by atoms with van der Waals surface area (Å²) < 4.78 is 5.39. The lowest BCUT2D eigenvalue weighted by Crippen LogP contribution is -2.35. The van der Waals surface area contributed by atoms with Gasteiger partial charge in [-0.25, -0.2) is 0 Å². The molecule has 1 saturated heterocycles. The van der Waals surface area contributed by atoms with E-state index in [1.165, 1.54) is 25.9 Å². The van der Waals surface area contributed by atoms with Gasteiger partial charge in [0, 0.05) is 19.1 Å². The topological polar surface area (TPSA) is 75.2 Å². The third-order valence-corrected chi connectivity index (χ3v) is 3.54. The van der Waals surface area contributed by atoms with Crippen LogP contribution in [0.15, 0.2) is 0 Å². The monoisotopic (exact) mass is 294 g/mol. The summed E-state index contributed by atoms with van der Waals surface area (Å²) in [5.41, 5.74) is 0. The summed E-state index contributed by atoms with van der Waals surface area (Å²) in [6.45, 7) is 10.7. The van der Waals surface area contributed by atoms with Crippen molar-refractivity contribution < 1.29 is 4.74 Å². The number of hydrogen-bond acceptors (Lipinski definition) is 7. The van der Waals surface area contributed by atoms with E-state index in [4.69, 9.17) is 4.74 Å². The quantitative estimate of drug-likeness (QED) is 0.754. The molecule has 2 heterocycles. The number of rotatable bonds is 8. The second-order valence-electron chi connectivity index (χ2n) is 5.20. The van der Waals surface area contributed by atoms with Crippen LogP contribution in [0.3, 0.4) is 0 Å². The highest BCUT2D eigenvalue weighted by atomic mass is 16.5. The highest BCUT2D eigenvalue weighted by molar-refractivity contribution is 5.35. The van der Waals surface area contributed by atoms with Crippen LogP contribution in [0.25, 0.3) is 0 Å². The molecule has 0 amide bonds. The molecule has 0 radical (unpaired) electrons. The van der Waals surface area contributed by atoms with Gasteiger partial charge in [0.15, 0.2) is 0 Å². The average Bonchev–Trinajstić information content (AvgIpc) is 2.99. The van der Waals surface area contributed by atoms with Crippen LogP contribution in [-0.2, 0) is 0 Å². The standard InChI is InChI=1S/C14H26N6O/c1-4-15-12-17-13(19-14(18-12)21-5-2)16-10-11(3)20-8-6-7-9-20/h11H,4-10H2,1-3H3,(H2,15,16,17,18,19). The number of anilines is 2. The SMILES string of the molecule is CCNc1nc(NCC(C)N2CCCC2)nc(OCC)n1. The van der Waals surface area contributed by atoms with E-state index in [9.17, 15) is 0 Å². The lowest BCUT2D eigenvalue weighted by Gasteiger charge is -2.23. The molecule has 1 unspecified atom stereocenters. The number of nitrogens with one attached hydrogen (secondary N) is 2. The van der Waals surface area contributed by atoms with Gasteiger partial charge in [0.1, 0.15) is 0 Å². The third-order valence-electron chi connectivity index (χ3n) is 3.54. The molecule has 1 atom stereocenters. The van der Waals surface area contributed by atoms with Gasteiger partial charge < -0.3 is 15.4 Å². The van der Waals surface area contributed by atoms with Gasteiger partial charge in [0.05, 0.1) is 6.61 Å². The fourth-order valence-electron chi connectivity index (χ4n) is 2.42. The summed E-state index contributed by atoms with van der Waals surface area (Å²) in [5, 5.41) is 6.39. The van der Waals surface area contributed by atoms with Crippen molar-refractivity contribution in [2.24, 2.45) is 0 Å². The highest BCUT2D eigenvalue weighted by Gasteiger charge is 2.18. The Labute approximate surface area is 126 Å². The molecule has 1 aromatic heterocycles. The van der Waals surface area contributed by atoms with E-state index in [1.807, 2.05) is 13.8 Å². The van der Waals surface area contributed by atoms with Crippen molar-refractivity contribution in [2.45, 2.75) is 39.7 Å². The van der Waals surface area contributed by atoms with Gasteiger partial charge in [-0.15, -0.1) is 0 Å². The molecular weight excluding hydrogens is 268 g/mol. The number of nitrogens with zero attached hydrogens (tertiary/aromatic N) is 4.